The molecule has 2 amide bonds. The van der Waals surface area contributed by atoms with Crippen LogP contribution in [0.2, 0.25) is 0 Å². The van der Waals surface area contributed by atoms with Crippen LogP contribution < -0.4 is 5.32 Å². The number of rotatable bonds is 2. The first-order valence-corrected chi connectivity index (χ1v) is 8.00. The number of hydrogen-bond acceptors (Lipinski definition) is 4. The minimum absolute atomic E-state index is 0.116. The molecule has 124 valence electrons. The first-order valence-electron chi connectivity index (χ1n) is 8.00. The molecule has 1 aromatic carbocycles. The van der Waals surface area contributed by atoms with E-state index in [2.05, 4.69) is 31.9 Å². The second kappa shape index (κ2) is 5.63. The summed E-state index contributed by atoms with van der Waals surface area (Å²) in [5.74, 6) is 0. The minimum atomic E-state index is -0.116. The number of fused-ring (bicyclic) bond motifs is 1. The Hall–Kier alpha value is -2.90. The number of nitrogens with one attached hydrogen (secondary N) is 2. The van der Waals surface area contributed by atoms with E-state index < -0.39 is 0 Å². The van der Waals surface area contributed by atoms with Gasteiger partial charge in [-0.2, -0.15) is 20.5 Å². The summed E-state index contributed by atoms with van der Waals surface area (Å²) in [6.45, 7) is 5.40. The van der Waals surface area contributed by atoms with Crippen molar-refractivity contribution in [3.05, 3.63) is 35.7 Å². The van der Waals surface area contributed by atoms with Crippen molar-refractivity contribution < 1.29 is 4.79 Å². The van der Waals surface area contributed by atoms with Crippen LogP contribution in [0.25, 0.3) is 11.0 Å². The number of para-hydroxylation sites is 1. The molecule has 1 unspecified atom stereocenters. The maximum absolute atomic E-state index is 12.6. The molecule has 0 radical (unpaired) electrons. The van der Waals surface area contributed by atoms with Gasteiger partial charge in [0.05, 0.1) is 17.4 Å². The maximum Gasteiger partial charge on any atom is 0.321 e. The summed E-state index contributed by atoms with van der Waals surface area (Å²) in [4.78, 5) is 14.4. The van der Waals surface area contributed by atoms with Crippen LogP contribution in [0.1, 0.15) is 23.9 Å². The number of aromatic amines is 1. The molecule has 1 aliphatic rings. The average molecular weight is 325 g/mol. The second-order valence-corrected chi connectivity index (χ2v) is 6.19. The van der Waals surface area contributed by atoms with Crippen molar-refractivity contribution >= 4 is 22.8 Å². The smallest absolute Gasteiger partial charge is 0.321 e. The number of nitrogens with zero attached hydrogens (tertiary/aromatic N) is 5. The Bertz CT molecular complexity index is 897. The fourth-order valence-corrected chi connectivity index (χ4v) is 3.30. The number of urea groups is 1. The molecular formula is C16H19N7O. The summed E-state index contributed by atoms with van der Waals surface area (Å²) in [6.07, 6.45) is 0.906. The molecule has 1 fully saturated rings. The van der Waals surface area contributed by atoms with Crippen LogP contribution >= 0.6 is 0 Å². The van der Waals surface area contributed by atoms with Gasteiger partial charge >= 0.3 is 6.03 Å². The molecule has 24 heavy (non-hydrogen) atoms. The monoisotopic (exact) mass is 325 g/mol. The maximum atomic E-state index is 12.6. The number of hydrogen-bond donors (Lipinski definition) is 2. The predicted molar refractivity (Wildman–Crippen MR) is 89.8 cm³/mol. The third-order valence-electron chi connectivity index (χ3n) is 4.43. The van der Waals surface area contributed by atoms with Gasteiger partial charge in [-0.05, 0) is 38.5 Å². The van der Waals surface area contributed by atoms with Crippen molar-refractivity contribution in [3.63, 3.8) is 0 Å². The van der Waals surface area contributed by atoms with E-state index in [-0.39, 0.29) is 12.1 Å². The summed E-state index contributed by atoms with van der Waals surface area (Å²) in [5, 5.41) is 18.2. The van der Waals surface area contributed by atoms with Gasteiger partial charge in [-0.15, -0.1) is 0 Å². The standard InChI is InChI=1S/C16H19N7O/c1-10-8-11(2)23(20-10)12-6-7-22(9-12)16(24)17-13-4-3-5-14-15(13)19-21-18-14/h3-5,8,12H,6-7,9H2,1-2H3,(H,17,24)(H,18,19,21). The Labute approximate surface area is 138 Å². The van der Waals surface area contributed by atoms with Gasteiger partial charge in [0.1, 0.15) is 11.0 Å². The molecule has 0 saturated carbocycles. The number of H-pyrrole nitrogens is 1. The summed E-state index contributed by atoms with van der Waals surface area (Å²) in [7, 11) is 0. The lowest BCUT2D eigenvalue weighted by Gasteiger charge is -2.18. The molecular weight excluding hydrogens is 306 g/mol. The Morgan fingerprint density at radius 1 is 1.33 bits per heavy atom. The van der Waals surface area contributed by atoms with Crippen LogP contribution in [0.15, 0.2) is 24.3 Å². The number of carbonyl (C=O) groups is 1. The van der Waals surface area contributed by atoms with Gasteiger partial charge in [0.2, 0.25) is 0 Å². The van der Waals surface area contributed by atoms with Gasteiger partial charge in [0, 0.05) is 18.8 Å². The SMILES string of the molecule is Cc1cc(C)n(C2CCN(C(=O)Nc3cccc4n[nH]nc34)C2)n1. The summed E-state index contributed by atoms with van der Waals surface area (Å²) < 4.78 is 2.03. The number of aromatic nitrogens is 5. The summed E-state index contributed by atoms with van der Waals surface area (Å²) in [5.41, 5.74) is 4.20. The normalized spacial score (nSPS) is 17.6. The summed E-state index contributed by atoms with van der Waals surface area (Å²) in [6, 6.07) is 7.71. The van der Waals surface area contributed by atoms with Crippen LogP contribution in [0.4, 0.5) is 10.5 Å². The first-order chi connectivity index (χ1) is 11.6. The molecule has 1 saturated heterocycles. The van der Waals surface area contributed by atoms with Gasteiger partial charge < -0.3 is 10.2 Å². The van der Waals surface area contributed by atoms with Crippen molar-refractivity contribution in [2.45, 2.75) is 26.3 Å². The number of anilines is 1. The van der Waals surface area contributed by atoms with E-state index in [1.165, 1.54) is 0 Å². The zero-order valence-electron chi connectivity index (χ0n) is 13.7. The van der Waals surface area contributed by atoms with E-state index in [1.807, 2.05) is 41.6 Å². The van der Waals surface area contributed by atoms with Gasteiger partial charge in [-0.25, -0.2) is 4.79 Å². The molecule has 0 spiro atoms. The van der Waals surface area contributed by atoms with Crippen LogP contribution in [0.5, 0.6) is 0 Å². The Morgan fingerprint density at radius 2 is 2.21 bits per heavy atom. The van der Waals surface area contributed by atoms with Gasteiger partial charge in [0.15, 0.2) is 0 Å². The Balaban J connectivity index is 1.48. The third kappa shape index (κ3) is 2.49. The molecule has 2 aromatic heterocycles. The van der Waals surface area contributed by atoms with Gasteiger partial charge in [-0.1, -0.05) is 6.07 Å². The molecule has 8 nitrogen and oxygen atoms in total. The van der Waals surface area contributed by atoms with E-state index in [0.717, 1.165) is 23.3 Å². The van der Waals surface area contributed by atoms with Crippen LogP contribution in [-0.4, -0.2) is 49.2 Å². The van der Waals surface area contributed by atoms with Crippen molar-refractivity contribution in [1.29, 1.82) is 0 Å². The topological polar surface area (TPSA) is 91.7 Å². The number of aryl methyl sites for hydroxylation is 2. The fraction of sp³-hybridized carbons (Fsp3) is 0.375. The van der Waals surface area contributed by atoms with Crippen molar-refractivity contribution in [3.8, 4) is 0 Å². The van der Waals surface area contributed by atoms with Crippen molar-refractivity contribution in [1.82, 2.24) is 30.1 Å². The van der Waals surface area contributed by atoms with Crippen LogP contribution in [0, 0.1) is 13.8 Å². The Morgan fingerprint density at radius 3 is 3.00 bits per heavy atom. The average Bonchev–Trinajstić information content (AvgIpc) is 3.26. The van der Waals surface area contributed by atoms with Gasteiger partial charge in [0.25, 0.3) is 0 Å². The number of amides is 2. The molecule has 1 aliphatic heterocycles. The molecule has 0 bridgehead atoms. The van der Waals surface area contributed by atoms with Crippen molar-refractivity contribution in [2.75, 3.05) is 18.4 Å². The molecule has 1 atom stereocenters. The molecule has 2 N–H and O–H groups in total. The van der Waals surface area contributed by atoms with Gasteiger partial charge in [-0.3, -0.25) is 4.68 Å². The third-order valence-corrected chi connectivity index (χ3v) is 4.43. The number of benzene rings is 1. The van der Waals surface area contributed by atoms with Crippen molar-refractivity contribution in [2.24, 2.45) is 0 Å². The highest BCUT2D eigenvalue weighted by Crippen LogP contribution is 2.25. The van der Waals surface area contributed by atoms with E-state index in [0.29, 0.717) is 24.3 Å². The zero-order valence-corrected chi connectivity index (χ0v) is 13.7. The molecule has 8 heteroatoms. The lowest BCUT2D eigenvalue weighted by atomic mass is 10.2. The zero-order chi connectivity index (χ0) is 16.7. The number of likely N-dealkylation sites (tertiary alicyclic amines) is 1. The molecule has 3 aromatic rings. The highest BCUT2D eigenvalue weighted by molar-refractivity contribution is 5.98. The predicted octanol–water partition coefficient (Wildman–Crippen LogP) is 2.25. The lowest BCUT2D eigenvalue weighted by Crippen LogP contribution is -2.33. The lowest BCUT2D eigenvalue weighted by molar-refractivity contribution is 0.220. The largest absolute Gasteiger partial charge is 0.322 e. The van der Waals surface area contributed by atoms with Crippen LogP contribution in [0.3, 0.4) is 0 Å². The molecule has 4 rings (SSSR count). The highest BCUT2D eigenvalue weighted by Gasteiger charge is 2.29. The number of carbonyl (C=O) groups excluding carboxylic acids is 1. The molecule has 3 heterocycles. The quantitative estimate of drug-likeness (QED) is 0.756. The first kappa shape index (κ1) is 14.7. The van der Waals surface area contributed by atoms with Crippen LogP contribution in [-0.2, 0) is 0 Å². The Kier molecular flexibility index (Phi) is 3.44. The summed E-state index contributed by atoms with van der Waals surface area (Å²) >= 11 is 0. The highest BCUT2D eigenvalue weighted by atomic mass is 16.2. The fourth-order valence-electron chi connectivity index (χ4n) is 3.30. The van der Waals surface area contributed by atoms with E-state index in [1.54, 1.807) is 0 Å². The van der Waals surface area contributed by atoms with E-state index in [4.69, 9.17) is 0 Å². The molecule has 0 aliphatic carbocycles. The second-order valence-electron chi connectivity index (χ2n) is 6.19. The minimum Gasteiger partial charge on any atom is -0.322 e. The van der Waals surface area contributed by atoms with E-state index in [9.17, 15) is 4.79 Å². The van der Waals surface area contributed by atoms with E-state index >= 15 is 0 Å².